The van der Waals surface area contributed by atoms with Crippen molar-refractivity contribution in [2.45, 2.75) is 32.4 Å². The topological polar surface area (TPSA) is 59.0 Å². The lowest BCUT2D eigenvalue weighted by molar-refractivity contribution is 0.0955. The molecule has 5 nitrogen and oxygen atoms in total. The number of carbonyl (C=O) groups is 1. The standard InChI is InChI=1S/C20H22N4OS/c1-14-12-16(24-11-3-10-23-24)6-5-15(14)13-22-20(25)19-8-7-18(26-19)17-4-2-9-21-17/h3,5-8,10-12,17,21H,2,4,9,13H2,1H3,(H,22,25). The molecule has 1 fully saturated rings. The Labute approximate surface area is 157 Å². The lowest BCUT2D eigenvalue weighted by Crippen LogP contribution is -2.22. The van der Waals surface area contributed by atoms with Crippen molar-refractivity contribution in [3.05, 3.63) is 69.7 Å². The normalized spacial score (nSPS) is 16.7. The van der Waals surface area contributed by atoms with Crippen LogP contribution in [0, 0.1) is 6.92 Å². The molecule has 0 spiro atoms. The van der Waals surface area contributed by atoms with Crippen molar-refractivity contribution in [1.29, 1.82) is 0 Å². The van der Waals surface area contributed by atoms with Crippen LogP contribution in [0.2, 0.25) is 0 Å². The Balaban J connectivity index is 1.40. The summed E-state index contributed by atoms with van der Waals surface area (Å²) in [5.41, 5.74) is 3.28. The Morgan fingerprint density at radius 1 is 1.38 bits per heavy atom. The first-order valence-electron chi connectivity index (χ1n) is 8.91. The van der Waals surface area contributed by atoms with E-state index < -0.39 is 0 Å². The molecular weight excluding hydrogens is 344 g/mol. The van der Waals surface area contributed by atoms with Crippen LogP contribution >= 0.6 is 11.3 Å². The molecule has 0 radical (unpaired) electrons. The molecular formula is C20H22N4OS. The third-order valence-electron chi connectivity index (χ3n) is 4.79. The summed E-state index contributed by atoms with van der Waals surface area (Å²) in [5.74, 6) is -0.00482. The van der Waals surface area contributed by atoms with Crippen LogP contribution in [0.25, 0.3) is 5.69 Å². The highest BCUT2D eigenvalue weighted by Crippen LogP contribution is 2.29. The largest absolute Gasteiger partial charge is 0.347 e. The van der Waals surface area contributed by atoms with Gasteiger partial charge in [0.05, 0.1) is 10.6 Å². The van der Waals surface area contributed by atoms with Crippen molar-refractivity contribution in [2.24, 2.45) is 0 Å². The number of nitrogens with zero attached hydrogens (tertiary/aromatic N) is 2. The van der Waals surface area contributed by atoms with Gasteiger partial charge in [-0.15, -0.1) is 11.3 Å². The van der Waals surface area contributed by atoms with Gasteiger partial charge in [0.15, 0.2) is 0 Å². The van der Waals surface area contributed by atoms with Gasteiger partial charge in [-0.1, -0.05) is 6.07 Å². The number of rotatable bonds is 5. The molecule has 2 N–H and O–H groups in total. The van der Waals surface area contributed by atoms with Gasteiger partial charge in [-0.2, -0.15) is 5.10 Å². The first-order valence-corrected chi connectivity index (χ1v) is 9.73. The summed E-state index contributed by atoms with van der Waals surface area (Å²) in [6.07, 6.45) is 6.05. The fourth-order valence-electron chi connectivity index (χ4n) is 3.29. The highest BCUT2D eigenvalue weighted by molar-refractivity contribution is 7.14. The lowest BCUT2D eigenvalue weighted by Gasteiger charge is -2.10. The maximum Gasteiger partial charge on any atom is 0.261 e. The van der Waals surface area contributed by atoms with Crippen LogP contribution in [0.1, 0.15) is 44.6 Å². The van der Waals surface area contributed by atoms with E-state index in [1.807, 2.05) is 29.1 Å². The lowest BCUT2D eigenvalue weighted by atomic mass is 10.1. The molecule has 0 aliphatic carbocycles. The van der Waals surface area contributed by atoms with E-state index in [0.717, 1.165) is 34.7 Å². The first kappa shape index (κ1) is 17.0. The van der Waals surface area contributed by atoms with Crippen LogP contribution in [-0.4, -0.2) is 22.2 Å². The zero-order chi connectivity index (χ0) is 17.9. The number of nitrogens with one attached hydrogen (secondary N) is 2. The molecule has 1 atom stereocenters. The summed E-state index contributed by atoms with van der Waals surface area (Å²) >= 11 is 1.59. The van der Waals surface area contributed by atoms with Crippen LogP contribution in [0.4, 0.5) is 0 Å². The van der Waals surface area contributed by atoms with E-state index in [4.69, 9.17) is 0 Å². The van der Waals surface area contributed by atoms with Gasteiger partial charge in [0.1, 0.15) is 0 Å². The summed E-state index contributed by atoms with van der Waals surface area (Å²) in [5, 5.41) is 10.8. The SMILES string of the molecule is Cc1cc(-n2cccn2)ccc1CNC(=O)c1ccc(C2CCCN2)s1. The molecule has 134 valence electrons. The minimum absolute atomic E-state index is 0.00482. The Morgan fingerprint density at radius 3 is 3.04 bits per heavy atom. The van der Waals surface area contributed by atoms with Crippen LogP contribution in [0.5, 0.6) is 0 Å². The van der Waals surface area contributed by atoms with E-state index in [1.165, 1.54) is 11.3 Å². The summed E-state index contributed by atoms with van der Waals surface area (Å²) in [6, 6.07) is 12.5. The number of benzene rings is 1. The minimum Gasteiger partial charge on any atom is -0.347 e. The van der Waals surface area contributed by atoms with Gasteiger partial charge in [-0.3, -0.25) is 4.79 Å². The minimum atomic E-state index is -0.00482. The average molecular weight is 366 g/mol. The second-order valence-electron chi connectivity index (χ2n) is 6.60. The molecule has 1 aromatic carbocycles. The number of aromatic nitrogens is 2. The molecule has 0 saturated carbocycles. The predicted octanol–water partition coefficient (Wildman–Crippen LogP) is 3.60. The molecule has 1 unspecified atom stereocenters. The van der Waals surface area contributed by atoms with E-state index in [1.54, 1.807) is 17.5 Å². The van der Waals surface area contributed by atoms with E-state index in [-0.39, 0.29) is 5.91 Å². The second-order valence-corrected chi connectivity index (χ2v) is 7.71. The van der Waals surface area contributed by atoms with Gasteiger partial charge in [-0.05, 0) is 67.8 Å². The van der Waals surface area contributed by atoms with Crippen LogP contribution in [0.3, 0.4) is 0 Å². The van der Waals surface area contributed by atoms with Gasteiger partial charge in [-0.25, -0.2) is 4.68 Å². The van der Waals surface area contributed by atoms with Gasteiger partial charge >= 0.3 is 0 Å². The predicted molar refractivity (Wildman–Crippen MR) is 104 cm³/mol. The molecule has 26 heavy (non-hydrogen) atoms. The monoisotopic (exact) mass is 366 g/mol. The van der Waals surface area contributed by atoms with Crippen molar-refractivity contribution >= 4 is 17.2 Å². The molecule has 1 aliphatic rings. The smallest absolute Gasteiger partial charge is 0.261 e. The van der Waals surface area contributed by atoms with Crippen molar-refractivity contribution in [3.8, 4) is 5.69 Å². The zero-order valence-electron chi connectivity index (χ0n) is 14.7. The molecule has 6 heteroatoms. The summed E-state index contributed by atoms with van der Waals surface area (Å²) in [4.78, 5) is 14.5. The van der Waals surface area contributed by atoms with E-state index in [9.17, 15) is 4.79 Å². The van der Waals surface area contributed by atoms with E-state index in [2.05, 4.69) is 40.9 Å². The number of hydrogen-bond donors (Lipinski definition) is 2. The first-order chi connectivity index (χ1) is 12.7. The Bertz CT molecular complexity index is 894. The average Bonchev–Trinajstić information content (AvgIpc) is 3.42. The van der Waals surface area contributed by atoms with E-state index >= 15 is 0 Å². The molecule has 1 aliphatic heterocycles. The zero-order valence-corrected chi connectivity index (χ0v) is 15.6. The fraction of sp³-hybridized carbons (Fsp3) is 0.300. The maximum atomic E-state index is 12.5. The molecule has 1 saturated heterocycles. The van der Waals surface area contributed by atoms with Gasteiger partial charge in [0.2, 0.25) is 0 Å². The third kappa shape index (κ3) is 3.57. The summed E-state index contributed by atoms with van der Waals surface area (Å²) in [6.45, 7) is 3.65. The molecule has 3 aromatic rings. The molecule has 4 rings (SSSR count). The number of hydrogen-bond acceptors (Lipinski definition) is 4. The number of carbonyl (C=O) groups excluding carboxylic acids is 1. The maximum absolute atomic E-state index is 12.5. The Kier molecular flexibility index (Phi) is 4.86. The molecule has 2 aromatic heterocycles. The fourth-order valence-corrected chi connectivity index (χ4v) is 4.33. The van der Waals surface area contributed by atoms with Gasteiger partial charge in [0, 0.05) is 29.9 Å². The van der Waals surface area contributed by atoms with Crippen LogP contribution < -0.4 is 10.6 Å². The Morgan fingerprint density at radius 2 is 2.31 bits per heavy atom. The molecule has 0 bridgehead atoms. The number of aryl methyl sites for hydroxylation is 1. The highest BCUT2D eigenvalue weighted by Gasteiger charge is 2.19. The number of thiophene rings is 1. The summed E-state index contributed by atoms with van der Waals surface area (Å²) < 4.78 is 1.83. The summed E-state index contributed by atoms with van der Waals surface area (Å²) in [7, 11) is 0. The van der Waals surface area contributed by atoms with Gasteiger partial charge in [0.25, 0.3) is 5.91 Å². The van der Waals surface area contributed by atoms with Crippen molar-refractivity contribution in [2.75, 3.05) is 6.54 Å². The van der Waals surface area contributed by atoms with Crippen molar-refractivity contribution in [1.82, 2.24) is 20.4 Å². The van der Waals surface area contributed by atoms with Crippen molar-refractivity contribution in [3.63, 3.8) is 0 Å². The molecule has 1 amide bonds. The Hall–Kier alpha value is -2.44. The third-order valence-corrected chi connectivity index (χ3v) is 5.99. The number of amides is 1. The van der Waals surface area contributed by atoms with Crippen LogP contribution in [0.15, 0.2) is 48.8 Å². The quantitative estimate of drug-likeness (QED) is 0.725. The molecule has 3 heterocycles. The highest BCUT2D eigenvalue weighted by atomic mass is 32.1. The van der Waals surface area contributed by atoms with E-state index in [0.29, 0.717) is 12.6 Å². The second kappa shape index (κ2) is 7.43. The van der Waals surface area contributed by atoms with Gasteiger partial charge < -0.3 is 10.6 Å². The van der Waals surface area contributed by atoms with Crippen molar-refractivity contribution < 1.29 is 4.79 Å². The van der Waals surface area contributed by atoms with Crippen LogP contribution in [-0.2, 0) is 6.54 Å².